The molecule has 0 saturated carbocycles. The minimum absolute atomic E-state index is 0.0999. The fraction of sp³-hybridized carbons (Fsp3) is 0.250. The average molecular weight is 406 g/mol. The molecule has 1 N–H and O–H groups in total. The van der Waals surface area contributed by atoms with Crippen LogP contribution >= 0.6 is 0 Å². The molecule has 3 aromatic carbocycles. The summed E-state index contributed by atoms with van der Waals surface area (Å²) in [4.78, 5) is 27.7. The van der Waals surface area contributed by atoms with Crippen molar-refractivity contribution in [3.05, 3.63) is 72.0 Å². The summed E-state index contributed by atoms with van der Waals surface area (Å²) in [7, 11) is 1.61. The number of rotatable bonds is 4. The Morgan fingerprint density at radius 2 is 1.87 bits per heavy atom. The maximum atomic E-state index is 13.4. The minimum atomic E-state index is -0.403. The molecule has 6 heteroatoms. The molecule has 0 aromatic heterocycles. The number of fused-ring (bicyclic) bond motifs is 1. The highest BCUT2D eigenvalue weighted by molar-refractivity contribution is 6.08. The van der Waals surface area contributed by atoms with Crippen molar-refractivity contribution in [2.24, 2.45) is 5.92 Å². The van der Waals surface area contributed by atoms with Crippen LogP contribution in [0.3, 0.4) is 0 Å². The Balaban J connectivity index is 1.53. The highest BCUT2D eigenvalue weighted by Gasteiger charge is 2.29. The summed E-state index contributed by atoms with van der Waals surface area (Å²) in [6.45, 7) is 0.934. The number of methoxy groups -OCH3 is 1. The number of benzene rings is 3. The number of carbonyl (C=O) groups is 2. The number of nitrogens with zero attached hydrogens (tertiary/aromatic N) is 1. The zero-order valence-electron chi connectivity index (χ0n) is 16.7. The monoisotopic (exact) mass is 406 g/mol. The van der Waals surface area contributed by atoms with Gasteiger partial charge in [0.2, 0.25) is 5.91 Å². The molecule has 30 heavy (non-hydrogen) atoms. The summed E-state index contributed by atoms with van der Waals surface area (Å²) in [6, 6.07) is 17.0. The summed E-state index contributed by atoms with van der Waals surface area (Å²) in [6.07, 6.45) is 1.43. The van der Waals surface area contributed by atoms with E-state index >= 15 is 0 Å². The van der Waals surface area contributed by atoms with Crippen LogP contribution in [0.25, 0.3) is 10.8 Å². The lowest BCUT2D eigenvalue weighted by molar-refractivity contribution is -0.121. The van der Waals surface area contributed by atoms with Gasteiger partial charge in [-0.05, 0) is 48.6 Å². The molecule has 5 nitrogen and oxygen atoms in total. The minimum Gasteiger partial charge on any atom is -0.496 e. The average Bonchev–Trinajstić information content (AvgIpc) is 2.78. The second kappa shape index (κ2) is 8.53. The number of halogens is 1. The van der Waals surface area contributed by atoms with Gasteiger partial charge in [-0.1, -0.05) is 30.3 Å². The van der Waals surface area contributed by atoms with Gasteiger partial charge in [-0.2, -0.15) is 0 Å². The van der Waals surface area contributed by atoms with Crippen molar-refractivity contribution in [3.8, 4) is 5.75 Å². The van der Waals surface area contributed by atoms with Crippen LogP contribution in [-0.4, -0.2) is 36.9 Å². The molecule has 154 valence electrons. The predicted molar refractivity (Wildman–Crippen MR) is 114 cm³/mol. The molecular weight excluding hydrogens is 383 g/mol. The van der Waals surface area contributed by atoms with Gasteiger partial charge in [-0.3, -0.25) is 9.59 Å². The normalized spacial score (nSPS) is 16.3. The third kappa shape index (κ3) is 3.99. The Kier molecular flexibility index (Phi) is 5.65. The molecule has 1 aliphatic heterocycles. The van der Waals surface area contributed by atoms with Crippen LogP contribution in [0, 0.1) is 11.7 Å². The maximum Gasteiger partial charge on any atom is 0.254 e. The van der Waals surface area contributed by atoms with E-state index in [0.717, 1.165) is 17.2 Å². The quantitative estimate of drug-likeness (QED) is 0.695. The Bertz CT molecular complexity index is 1100. The smallest absolute Gasteiger partial charge is 0.254 e. The first kappa shape index (κ1) is 19.9. The number of nitrogens with one attached hydrogen (secondary N) is 1. The first-order chi connectivity index (χ1) is 14.6. The van der Waals surface area contributed by atoms with Crippen LogP contribution in [0.2, 0.25) is 0 Å². The summed E-state index contributed by atoms with van der Waals surface area (Å²) >= 11 is 0. The molecule has 0 bridgehead atoms. The number of hydrogen-bond acceptors (Lipinski definition) is 3. The van der Waals surface area contributed by atoms with Crippen molar-refractivity contribution in [2.45, 2.75) is 12.8 Å². The second-order valence-corrected chi connectivity index (χ2v) is 7.45. The van der Waals surface area contributed by atoms with Gasteiger partial charge in [-0.15, -0.1) is 0 Å². The number of piperidine rings is 1. The van der Waals surface area contributed by atoms with E-state index in [1.54, 1.807) is 36.3 Å². The third-order valence-electron chi connectivity index (χ3n) is 5.51. The van der Waals surface area contributed by atoms with Crippen molar-refractivity contribution in [2.75, 3.05) is 25.5 Å². The van der Waals surface area contributed by atoms with E-state index in [-0.39, 0.29) is 17.7 Å². The van der Waals surface area contributed by atoms with Crippen molar-refractivity contribution in [1.29, 1.82) is 0 Å². The molecule has 1 heterocycles. The molecule has 0 aliphatic carbocycles. The zero-order valence-corrected chi connectivity index (χ0v) is 16.7. The molecule has 1 saturated heterocycles. The Hall–Kier alpha value is -3.41. The molecule has 1 atom stereocenters. The predicted octanol–water partition coefficient (Wildman–Crippen LogP) is 4.48. The highest BCUT2D eigenvalue weighted by atomic mass is 19.1. The first-order valence-corrected chi connectivity index (χ1v) is 9.98. The lowest BCUT2D eigenvalue weighted by Crippen LogP contribution is -2.43. The molecular formula is C24H23FN2O3. The number of amides is 2. The summed E-state index contributed by atoms with van der Waals surface area (Å²) in [5.74, 6) is -0.321. The molecule has 0 spiro atoms. The van der Waals surface area contributed by atoms with Crippen LogP contribution in [-0.2, 0) is 4.79 Å². The lowest BCUT2D eigenvalue weighted by atomic mass is 9.95. The summed E-state index contributed by atoms with van der Waals surface area (Å²) in [5.41, 5.74) is 1.02. The van der Waals surface area contributed by atoms with Crippen molar-refractivity contribution in [3.63, 3.8) is 0 Å². The summed E-state index contributed by atoms with van der Waals surface area (Å²) in [5, 5.41) is 4.47. The van der Waals surface area contributed by atoms with Gasteiger partial charge in [0.15, 0.2) is 0 Å². The van der Waals surface area contributed by atoms with Gasteiger partial charge < -0.3 is 15.0 Å². The van der Waals surface area contributed by atoms with Crippen molar-refractivity contribution in [1.82, 2.24) is 4.90 Å². The van der Waals surface area contributed by atoms with Crippen LogP contribution in [0.5, 0.6) is 5.75 Å². The summed E-state index contributed by atoms with van der Waals surface area (Å²) < 4.78 is 18.8. The first-order valence-electron chi connectivity index (χ1n) is 9.98. The fourth-order valence-corrected chi connectivity index (χ4v) is 3.99. The Morgan fingerprint density at radius 1 is 1.07 bits per heavy atom. The number of likely N-dealkylation sites (tertiary alicyclic amines) is 1. The number of hydrogen-bond donors (Lipinski definition) is 1. The van der Waals surface area contributed by atoms with E-state index in [4.69, 9.17) is 4.74 Å². The molecule has 4 rings (SSSR count). The molecule has 1 fully saturated rings. The van der Waals surface area contributed by atoms with Gasteiger partial charge in [0.1, 0.15) is 11.6 Å². The third-order valence-corrected chi connectivity index (χ3v) is 5.51. The van der Waals surface area contributed by atoms with E-state index in [1.165, 1.54) is 12.1 Å². The van der Waals surface area contributed by atoms with Crippen LogP contribution in [0.15, 0.2) is 60.7 Å². The van der Waals surface area contributed by atoms with E-state index in [2.05, 4.69) is 5.32 Å². The van der Waals surface area contributed by atoms with Gasteiger partial charge in [-0.25, -0.2) is 4.39 Å². The highest BCUT2D eigenvalue weighted by Crippen LogP contribution is 2.30. The SMILES string of the molecule is COc1ccc(C(=O)N2CCCC(C(=O)Nc3cccc(F)c3)C2)c2ccccc12. The van der Waals surface area contributed by atoms with Gasteiger partial charge in [0, 0.05) is 29.7 Å². The van der Waals surface area contributed by atoms with Crippen LogP contribution in [0.1, 0.15) is 23.2 Å². The molecule has 1 aliphatic rings. The van der Waals surface area contributed by atoms with E-state index in [0.29, 0.717) is 36.5 Å². The van der Waals surface area contributed by atoms with Gasteiger partial charge in [0.05, 0.1) is 13.0 Å². The lowest BCUT2D eigenvalue weighted by Gasteiger charge is -2.32. The van der Waals surface area contributed by atoms with Gasteiger partial charge in [0.25, 0.3) is 5.91 Å². The largest absolute Gasteiger partial charge is 0.496 e. The van der Waals surface area contributed by atoms with Crippen molar-refractivity contribution < 1.29 is 18.7 Å². The van der Waals surface area contributed by atoms with Gasteiger partial charge >= 0.3 is 0 Å². The number of ether oxygens (including phenoxy) is 1. The van der Waals surface area contributed by atoms with Crippen LogP contribution < -0.4 is 10.1 Å². The maximum absolute atomic E-state index is 13.4. The van der Waals surface area contributed by atoms with E-state index < -0.39 is 5.82 Å². The van der Waals surface area contributed by atoms with Crippen LogP contribution in [0.4, 0.5) is 10.1 Å². The molecule has 0 radical (unpaired) electrons. The Labute approximate surface area is 174 Å². The molecule has 2 amide bonds. The van der Waals surface area contributed by atoms with E-state index in [1.807, 2.05) is 24.3 Å². The molecule has 3 aromatic rings. The number of anilines is 1. The molecule has 1 unspecified atom stereocenters. The topological polar surface area (TPSA) is 58.6 Å². The Morgan fingerprint density at radius 3 is 2.63 bits per heavy atom. The number of carbonyl (C=O) groups excluding carboxylic acids is 2. The van der Waals surface area contributed by atoms with Crippen molar-refractivity contribution >= 4 is 28.3 Å². The second-order valence-electron chi connectivity index (χ2n) is 7.45. The van der Waals surface area contributed by atoms with E-state index in [9.17, 15) is 14.0 Å². The standard InChI is InChI=1S/C24H23FN2O3/c1-30-22-12-11-21(19-9-2-3-10-20(19)22)24(29)27-13-5-6-16(15-27)23(28)26-18-8-4-7-17(25)14-18/h2-4,7-12,14,16H,5-6,13,15H2,1H3,(H,26,28). The zero-order chi connectivity index (χ0) is 21.1. The fourth-order valence-electron chi connectivity index (χ4n) is 3.99.